The first-order valence-electron chi connectivity index (χ1n) is 7.75. The summed E-state index contributed by atoms with van der Waals surface area (Å²) >= 11 is 0.0492. The number of hydrogen-bond donors (Lipinski definition) is 0. The molecule has 118 valence electrons. The van der Waals surface area contributed by atoms with Crippen LogP contribution in [0.3, 0.4) is 0 Å². The fraction of sp³-hybridized carbons (Fsp3) is 0.588. The Hall–Kier alpha value is -0.871. The van der Waals surface area contributed by atoms with Crippen LogP contribution in [0.15, 0.2) is 30.3 Å². The van der Waals surface area contributed by atoms with Gasteiger partial charge in [0.15, 0.2) is 0 Å². The number of carbonyl (C=O) groups excluding carboxylic acids is 1. The molecule has 1 saturated carbocycles. The minimum atomic E-state index is -0.543. The number of carbonyl (C=O) groups is 1. The van der Waals surface area contributed by atoms with Crippen molar-refractivity contribution in [3.63, 3.8) is 0 Å². The van der Waals surface area contributed by atoms with Gasteiger partial charge in [-0.15, -0.1) is 0 Å². The van der Waals surface area contributed by atoms with Crippen LogP contribution >= 0.6 is 0 Å². The monoisotopic (exact) mass is 368 g/mol. The fourth-order valence-electron chi connectivity index (χ4n) is 3.83. The molecule has 3 aliphatic rings. The molecule has 0 amide bonds. The number of fused-ring (bicyclic) bond motifs is 2. The molecule has 0 bridgehead atoms. The quantitative estimate of drug-likeness (QED) is 0.589. The van der Waals surface area contributed by atoms with E-state index in [9.17, 15) is 4.79 Å². The van der Waals surface area contributed by atoms with Crippen LogP contribution in [0.1, 0.15) is 26.7 Å². The van der Waals surface area contributed by atoms with E-state index < -0.39 is 5.79 Å². The zero-order chi connectivity index (χ0) is 15.4. The topological polar surface area (TPSA) is 44.8 Å². The van der Waals surface area contributed by atoms with Gasteiger partial charge >= 0.3 is 136 Å². The molecule has 3 fully saturated rings. The number of hydrogen-bond acceptors (Lipinski definition) is 4. The summed E-state index contributed by atoms with van der Waals surface area (Å²) in [6.45, 7) is 4.43. The molecule has 0 radical (unpaired) electrons. The first kappa shape index (κ1) is 14.7. The van der Waals surface area contributed by atoms with Crippen LogP contribution in [0.2, 0.25) is 4.31 Å². The van der Waals surface area contributed by atoms with Gasteiger partial charge in [0.1, 0.15) is 0 Å². The molecule has 4 rings (SSSR count). The molecule has 0 spiro atoms. The van der Waals surface area contributed by atoms with Crippen molar-refractivity contribution in [1.29, 1.82) is 0 Å². The summed E-state index contributed by atoms with van der Waals surface area (Å²) < 4.78 is 18.4. The molecule has 2 aliphatic heterocycles. The Labute approximate surface area is 136 Å². The molecule has 1 aromatic carbocycles. The number of benzene rings is 1. The van der Waals surface area contributed by atoms with Crippen molar-refractivity contribution in [2.24, 2.45) is 5.92 Å². The third-order valence-electron chi connectivity index (χ3n) is 4.77. The van der Waals surface area contributed by atoms with E-state index in [4.69, 9.17) is 14.2 Å². The zero-order valence-corrected chi connectivity index (χ0v) is 14.5. The third kappa shape index (κ3) is 2.31. The standard InChI is InChI=1S/C17H20O4Se/c1-16(2)20-13-8-11-10-19-15(18)17(11,9-14(13)21-16)22-12-6-4-3-5-7-12/h3-7,11,13-14H,8-10H2,1-2H3/t11-,13+,14-,17+/m0/s1. The van der Waals surface area contributed by atoms with Gasteiger partial charge in [-0.2, -0.15) is 0 Å². The van der Waals surface area contributed by atoms with E-state index in [-0.39, 0.29) is 43.4 Å². The summed E-state index contributed by atoms with van der Waals surface area (Å²) in [5, 5.41) is 0. The van der Waals surface area contributed by atoms with E-state index in [2.05, 4.69) is 12.1 Å². The number of esters is 1. The summed E-state index contributed by atoms with van der Waals surface area (Å²) in [6.07, 6.45) is 1.67. The summed E-state index contributed by atoms with van der Waals surface area (Å²) in [7, 11) is 0. The third-order valence-corrected chi connectivity index (χ3v) is 8.00. The van der Waals surface area contributed by atoms with Crippen molar-refractivity contribution in [3.8, 4) is 0 Å². The predicted molar refractivity (Wildman–Crippen MR) is 82.0 cm³/mol. The summed E-state index contributed by atoms with van der Waals surface area (Å²) in [5.41, 5.74) is 0. The summed E-state index contributed by atoms with van der Waals surface area (Å²) in [6, 6.07) is 10.3. The Morgan fingerprint density at radius 1 is 1.14 bits per heavy atom. The molecule has 2 saturated heterocycles. The molecule has 1 aromatic rings. The number of ether oxygens (including phenoxy) is 3. The average molecular weight is 367 g/mol. The van der Waals surface area contributed by atoms with Crippen LogP contribution in [-0.4, -0.2) is 45.5 Å². The van der Waals surface area contributed by atoms with Crippen LogP contribution in [0, 0.1) is 5.92 Å². The van der Waals surface area contributed by atoms with Crippen molar-refractivity contribution in [1.82, 2.24) is 0 Å². The Morgan fingerprint density at radius 2 is 1.86 bits per heavy atom. The van der Waals surface area contributed by atoms with Gasteiger partial charge in [-0.1, -0.05) is 0 Å². The maximum atomic E-state index is 12.6. The van der Waals surface area contributed by atoms with Crippen LogP contribution in [-0.2, 0) is 19.0 Å². The van der Waals surface area contributed by atoms with Gasteiger partial charge in [0.25, 0.3) is 0 Å². The normalized spacial score (nSPS) is 39.2. The SMILES string of the molecule is CC1(C)O[C@H]2C[C@]3([Se]c4ccccc4)C(=O)OC[C@@H]3C[C@H]2O1. The van der Waals surface area contributed by atoms with Gasteiger partial charge in [0, 0.05) is 0 Å². The Balaban J connectivity index is 1.64. The van der Waals surface area contributed by atoms with E-state index in [0.717, 1.165) is 12.8 Å². The van der Waals surface area contributed by atoms with Crippen molar-refractivity contribution >= 4 is 25.4 Å². The minimum absolute atomic E-state index is 0.00230. The van der Waals surface area contributed by atoms with Gasteiger partial charge in [-0.25, -0.2) is 0 Å². The van der Waals surface area contributed by atoms with Crippen molar-refractivity contribution < 1.29 is 19.0 Å². The van der Waals surface area contributed by atoms with Crippen LogP contribution in [0.25, 0.3) is 0 Å². The Kier molecular flexibility index (Phi) is 3.39. The Bertz CT molecular complexity index is 588. The molecule has 0 aromatic heterocycles. The molecule has 0 unspecified atom stereocenters. The number of rotatable bonds is 2. The van der Waals surface area contributed by atoms with Crippen LogP contribution in [0.5, 0.6) is 0 Å². The predicted octanol–water partition coefficient (Wildman–Crippen LogP) is 1.66. The molecule has 5 heteroatoms. The van der Waals surface area contributed by atoms with Gasteiger partial charge in [-0.05, 0) is 0 Å². The molecule has 4 nitrogen and oxygen atoms in total. The second-order valence-corrected chi connectivity index (χ2v) is 9.70. The van der Waals surface area contributed by atoms with Crippen molar-refractivity contribution in [2.75, 3.05) is 6.61 Å². The van der Waals surface area contributed by atoms with Gasteiger partial charge in [-0.3, -0.25) is 0 Å². The molecular formula is C17H20O4Se. The fourth-order valence-corrected chi connectivity index (χ4v) is 6.84. The molecule has 22 heavy (non-hydrogen) atoms. The van der Waals surface area contributed by atoms with E-state index in [1.165, 1.54) is 4.46 Å². The van der Waals surface area contributed by atoms with E-state index in [1.54, 1.807) is 0 Å². The molecule has 0 N–H and O–H groups in total. The first-order valence-corrected chi connectivity index (χ1v) is 9.47. The van der Waals surface area contributed by atoms with Gasteiger partial charge < -0.3 is 0 Å². The van der Waals surface area contributed by atoms with E-state index in [0.29, 0.717) is 6.61 Å². The zero-order valence-electron chi connectivity index (χ0n) is 12.8. The molecule has 1 aliphatic carbocycles. The van der Waals surface area contributed by atoms with Gasteiger partial charge in [0.05, 0.1) is 0 Å². The average Bonchev–Trinajstić information content (AvgIpc) is 2.93. The molecule has 2 heterocycles. The Morgan fingerprint density at radius 3 is 2.64 bits per heavy atom. The van der Waals surface area contributed by atoms with E-state index >= 15 is 0 Å². The second kappa shape index (κ2) is 5.07. The van der Waals surface area contributed by atoms with Crippen molar-refractivity contribution in [3.05, 3.63) is 30.3 Å². The maximum absolute atomic E-state index is 12.6. The summed E-state index contributed by atoms with van der Waals surface area (Å²) in [5.74, 6) is -0.328. The second-order valence-electron chi connectivity index (χ2n) is 6.75. The number of cyclic esters (lactones) is 1. The first-order chi connectivity index (χ1) is 10.5. The van der Waals surface area contributed by atoms with Crippen molar-refractivity contribution in [2.45, 2.75) is 49.0 Å². The molecule has 4 atom stereocenters. The van der Waals surface area contributed by atoms with Crippen LogP contribution < -0.4 is 4.46 Å². The summed E-state index contributed by atoms with van der Waals surface area (Å²) in [4.78, 5) is 12.6. The van der Waals surface area contributed by atoms with Gasteiger partial charge in [0.2, 0.25) is 0 Å². The van der Waals surface area contributed by atoms with Crippen LogP contribution in [0.4, 0.5) is 0 Å². The van der Waals surface area contributed by atoms with E-state index in [1.807, 2.05) is 32.0 Å². The molecular weight excluding hydrogens is 347 g/mol.